The summed E-state index contributed by atoms with van der Waals surface area (Å²) < 4.78 is 35.7. The summed E-state index contributed by atoms with van der Waals surface area (Å²) in [6, 6.07) is 4.48. The maximum absolute atomic E-state index is 15.3. The van der Waals surface area contributed by atoms with Crippen LogP contribution in [0.4, 0.5) is 31.8 Å². The summed E-state index contributed by atoms with van der Waals surface area (Å²) in [7, 11) is 0. The van der Waals surface area contributed by atoms with E-state index in [1.54, 1.807) is 17.0 Å². The van der Waals surface area contributed by atoms with Crippen LogP contribution >= 0.6 is 0 Å². The third-order valence-electron chi connectivity index (χ3n) is 6.53. The van der Waals surface area contributed by atoms with E-state index in [1.165, 1.54) is 12.1 Å². The van der Waals surface area contributed by atoms with Crippen LogP contribution in [0, 0.1) is 11.6 Å². The molecule has 0 saturated carbocycles. The molecule has 0 spiro atoms. The van der Waals surface area contributed by atoms with Crippen LogP contribution in [-0.2, 0) is 9.53 Å². The molecule has 0 aliphatic carbocycles. The van der Waals surface area contributed by atoms with E-state index in [4.69, 9.17) is 4.74 Å². The quantitative estimate of drug-likeness (QED) is 0.593. The van der Waals surface area contributed by atoms with Crippen LogP contribution in [0.25, 0.3) is 0 Å². The number of piperidine rings is 1. The molecule has 0 unspecified atom stereocenters. The van der Waals surface area contributed by atoms with Crippen LogP contribution in [0.1, 0.15) is 28.8 Å². The summed E-state index contributed by atoms with van der Waals surface area (Å²) >= 11 is 0. The van der Waals surface area contributed by atoms with Crippen molar-refractivity contribution in [2.45, 2.75) is 18.9 Å². The highest BCUT2D eigenvalue weighted by Gasteiger charge is 2.30. The van der Waals surface area contributed by atoms with Crippen LogP contribution in [0.2, 0.25) is 0 Å². The zero-order chi connectivity index (χ0) is 25.2. The van der Waals surface area contributed by atoms with Gasteiger partial charge in [0.2, 0.25) is 5.91 Å². The third-order valence-corrected chi connectivity index (χ3v) is 6.53. The summed E-state index contributed by atoms with van der Waals surface area (Å²) in [6.07, 6.45) is 3.83. The highest BCUT2D eigenvalue weighted by atomic mass is 19.1. The normalized spacial score (nSPS) is 19.3. The van der Waals surface area contributed by atoms with Crippen molar-refractivity contribution in [2.24, 2.45) is 4.99 Å². The lowest BCUT2D eigenvalue weighted by Crippen LogP contribution is -2.44. The largest absolute Gasteiger partial charge is 0.378 e. The molecule has 0 radical (unpaired) electrons. The van der Waals surface area contributed by atoms with Crippen molar-refractivity contribution in [2.75, 3.05) is 54.9 Å². The van der Waals surface area contributed by atoms with Crippen molar-refractivity contribution in [3.8, 4) is 0 Å². The van der Waals surface area contributed by atoms with Gasteiger partial charge in [-0.05, 0) is 37.1 Å². The highest BCUT2D eigenvalue weighted by molar-refractivity contribution is 6.16. The Bertz CT molecular complexity index is 1240. The number of nitrogens with one attached hydrogen (secondary N) is 2. The van der Waals surface area contributed by atoms with Crippen LogP contribution < -0.4 is 15.5 Å². The Labute approximate surface area is 206 Å². The lowest BCUT2D eigenvalue weighted by molar-refractivity contribution is -0.127. The van der Waals surface area contributed by atoms with Gasteiger partial charge < -0.3 is 25.2 Å². The second-order valence-electron chi connectivity index (χ2n) is 8.84. The van der Waals surface area contributed by atoms with E-state index >= 15 is 8.78 Å². The fourth-order valence-corrected chi connectivity index (χ4v) is 4.66. The molecule has 0 bridgehead atoms. The number of carbonyl (C=O) groups excluding carboxylic acids is 2. The van der Waals surface area contributed by atoms with Gasteiger partial charge in [-0.3, -0.25) is 9.59 Å². The number of morpholine rings is 1. The Balaban J connectivity index is 1.42. The van der Waals surface area contributed by atoms with Crippen molar-refractivity contribution in [3.63, 3.8) is 0 Å². The maximum Gasteiger partial charge on any atom is 0.281 e. The number of ether oxygens (including phenoxy) is 1. The molecule has 5 rings (SSSR count). The molecule has 1 atom stereocenters. The third kappa shape index (κ3) is 4.66. The molecule has 2 amide bonds. The molecule has 3 aliphatic rings. The van der Waals surface area contributed by atoms with Gasteiger partial charge in [0.1, 0.15) is 11.6 Å². The average Bonchev–Trinajstić information content (AvgIpc) is 3.30. The van der Waals surface area contributed by atoms with Crippen LogP contribution in [0.15, 0.2) is 35.8 Å². The molecular weight excluding hydrogens is 470 g/mol. The van der Waals surface area contributed by atoms with E-state index in [0.717, 1.165) is 18.3 Å². The van der Waals surface area contributed by atoms with Crippen molar-refractivity contribution in [1.82, 2.24) is 9.88 Å². The summed E-state index contributed by atoms with van der Waals surface area (Å²) in [4.78, 5) is 36.1. The Kier molecular flexibility index (Phi) is 6.64. The van der Waals surface area contributed by atoms with E-state index in [1.807, 2.05) is 4.90 Å². The Morgan fingerprint density at radius 1 is 1.19 bits per heavy atom. The van der Waals surface area contributed by atoms with Gasteiger partial charge >= 0.3 is 0 Å². The SMILES string of the molecule is C=CC(=O)N1CCC[C@@H](Nc2nc(Nc3ccc(N4CCOCC4)cc3F)c3c(c2F)C=NC3=O)C1. The van der Waals surface area contributed by atoms with Gasteiger partial charge in [0.05, 0.1) is 24.5 Å². The first-order valence-corrected chi connectivity index (χ1v) is 11.8. The summed E-state index contributed by atoms with van der Waals surface area (Å²) in [5.41, 5.74) is 0.748. The molecule has 2 N–H and O–H groups in total. The number of aliphatic imine (C=N–C) groups is 1. The Morgan fingerprint density at radius 3 is 2.75 bits per heavy atom. The zero-order valence-corrected chi connectivity index (χ0v) is 19.6. The number of hydrogen-bond donors (Lipinski definition) is 2. The van der Waals surface area contributed by atoms with Gasteiger partial charge in [0, 0.05) is 49.7 Å². The molecule has 36 heavy (non-hydrogen) atoms. The van der Waals surface area contributed by atoms with Crippen molar-refractivity contribution in [3.05, 3.63) is 53.6 Å². The molecule has 2 aromatic rings. The number of rotatable bonds is 6. The van der Waals surface area contributed by atoms with Gasteiger partial charge in [-0.1, -0.05) is 6.58 Å². The Hall–Kier alpha value is -3.86. The predicted octanol–water partition coefficient (Wildman–Crippen LogP) is 3.10. The summed E-state index contributed by atoms with van der Waals surface area (Å²) in [5.74, 6) is -2.20. The van der Waals surface area contributed by atoms with Crippen molar-refractivity contribution < 1.29 is 23.1 Å². The highest BCUT2D eigenvalue weighted by Crippen LogP contribution is 2.33. The van der Waals surface area contributed by atoms with Gasteiger partial charge in [-0.15, -0.1) is 0 Å². The number of pyridine rings is 1. The lowest BCUT2D eigenvalue weighted by Gasteiger charge is -2.33. The number of hydrogen-bond acceptors (Lipinski definition) is 7. The molecule has 1 aromatic carbocycles. The maximum atomic E-state index is 15.3. The van der Waals surface area contributed by atoms with E-state index in [2.05, 4.69) is 27.2 Å². The number of anilines is 4. The average molecular weight is 497 g/mol. The standard InChI is InChI=1S/C25H26F2N6O3/c1-2-20(34)33-7-3-4-15(14-33)29-24-22(27)17-13-28-25(35)21(17)23(31-24)30-19-6-5-16(12-18(19)26)32-8-10-36-11-9-32/h2,5-6,12-13,15H,1,3-4,7-11,14H2,(H2,29,30,31)/t15-/m1/s1. The van der Waals surface area contributed by atoms with Crippen LogP contribution in [0.3, 0.4) is 0 Å². The second-order valence-corrected chi connectivity index (χ2v) is 8.84. The van der Waals surface area contributed by atoms with Crippen molar-refractivity contribution in [1.29, 1.82) is 0 Å². The fourth-order valence-electron chi connectivity index (χ4n) is 4.66. The minimum Gasteiger partial charge on any atom is -0.378 e. The number of nitrogens with zero attached hydrogens (tertiary/aromatic N) is 4. The molecule has 2 fully saturated rings. The van der Waals surface area contributed by atoms with Gasteiger partial charge in [0.25, 0.3) is 5.91 Å². The van der Waals surface area contributed by atoms with Gasteiger partial charge in [-0.2, -0.15) is 0 Å². The molecule has 4 heterocycles. The van der Waals surface area contributed by atoms with E-state index in [-0.39, 0.29) is 40.4 Å². The van der Waals surface area contributed by atoms with Gasteiger partial charge in [0.15, 0.2) is 11.6 Å². The number of aromatic nitrogens is 1. The topological polar surface area (TPSA) is 99.2 Å². The minimum atomic E-state index is -0.722. The molecule has 2 saturated heterocycles. The molecule has 11 heteroatoms. The minimum absolute atomic E-state index is 0.00394. The molecule has 3 aliphatic heterocycles. The second kappa shape index (κ2) is 10.0. The molecule has 1 aromatic heterocycles. The van der Waals surface area contributed by atoms with E-state index < -0.39 is 17.5 Å². The number of carbonyl (C=O) groups is 2. The van der Waals surface area contributed by atoms with E-state index in [9.17, 15) is 9.59 Å². The lowest BCUT2D eigenvalue weighted by atomic mass is 10.0. The first-order valence-electron chi connectivity index (χ1n) is 11.8. The number of likely N-dealkylation sites (tertiary alicyclic amines) is 1. The van der Waals surface area contributed by atoms with Crippen LogP contribution in [0.5, 0.6) is 0 Å². The molecular formula is C25H26F2N6O3. The summed E-state index contributed by atoms with van der Waals surface area (Å²) in [6.45, 7) is 6.95. The molecule has 188 valence electrons. The van der Waals surface area contributed by atoms with Gasteiger partial charge in [-0.25, -0.2) is 18.8 Å². The first kappa shape index (κ1) is 23.9. The first-order chi connectivity index (χ1) is 17.4. The number of amides is 2. The van der Waals surface area contributed by atoms with Crippen molar-refractivity contribution >= 4 is 41.0 Å². The van der Waals surface area contributed by atoms with Crippen LogP contribution in [-0.4, -0.2) is 73.3 Å². The predicted molar refractivity (Wildman–Crippen MR) is 132 cm³/mol. The zero-order valence-electron chi connectivity index (χ0n) is 19.6. The summed E-state index contributed by atoms with van der Waals surface area (Å²) in [5, 5.41) is 5.92. The number of halogens is 2. The fraction of sp³-hybridized carbons (Fsp3) is 0.360. The number of benzene rings is 1. The Morgan fingerprint density at radius 2 is 2.00 bits per heavy atom. The number of fused-ring (bicyclic) bond motifs is 1. The molecule has 9 nitrogen and oxygen atoms in total. The van der Waals surface area contributed by atoms with E-state index in [0.29, 0.717) is 45.8 Å². The monoisotopic (exact) mass is 496 g/mol. The smallest absolute Gasteiger partial charge is 0.281 e.